The lowest BCUT2D eigenvalue weighted by Crippen LogP contribution is -2.57. The number of hydrogen-bond acceptors (Lipinski definition) is 10. The van der Waals surface area contributed by atoms with Gasteiger partial charge in [0.15, 0.2) is 11.6 Å². The predicted octanol–water partition coefficient (Wildman–Crippen LogP) is 6.40. The number of rotatable bonds is 10. The Morgan fingerprint density at radius 1 is 1.14 bits per heavy atom. The summed E-state index contributed by atoms with van der Waals surface area (Å²) in [6.45, 7) is 7.71. The molecular formula is C41H50FN5O7S2. The van der Waals surface area contributed by atoms with E-state index in [-0.39, 0.29) is 58.7 Å². The largest absolute Gasteiger partial charge is 0.491 e. The molecule has 56 heavy (non-hydrogen) atoms. The number of allylic oxidation sites excluding steroid dienone is 1. The zero-order valence-electron chi connectivity index (χ0n) is 32.4. The minimum Gasteiger partial charge on any atom is -0.491 e. The van der Waals surface area contributed by atoms with E-state index in [9.17, 15) is 23.6 Å². The fourth-order valence-electron chi connectivity index (χ4n) is 7.45. The van der Waals surface area contributed by atoms with Gasteiger partial charge < -0.3 is 29.7 Å². The van der Waals surface area contributed by atoms with Gasteiger partial charge in [0.2, 0.25) is 17.7 Å². The molecule has 4 amide bonds. The summed E-state index contributed by atoms with van der Waals surface area (Å²) in [4.78, 5) is 64.1. The highest BCUT2D eigenvalue weighted by atomic mass is 32.2. The van der Waals surface area contributed by atoms with Crippen molar-refractivity contribution in [3.8, 4) is 17.4 Å². The minimum atomic E-state index is -1.16. The summed E-state index contributed by atoms with van der Waals surface area (Å²) in [6, 6.07) is 6.11. The Labute approximate surface area is 334 Å². The van der Waals surface area contributed by atoms with Crippen LogP contribution in [0.4, 0.5) is 4.39 Å². The van der Waals surface area contributed by atoms with Crippen LogP contribution in [-0.2, 0) is 14.4 Å². The molecule has 15 heteroatoms. The normalized spacial score (nSPS) is 26.6. The van der Waals surface area contributed by atoms with Gasteiger partial charge in [-0.25, -0.2) is 9.37 Å². The number of nitrogens with one attached hydrogen (secondary N) is 3. The van der Waals surface area contributed by atoms with Crippen molar-refractivity contribution in [2.24, 2.45) is 5.92 Å². The molecule has 2 aromatic heterocycles. The van der Waals surface area contributed by atoms with E-state index in [4.69, 9.17) is 14.2 Å². The molecule has 1 saturated heterocycles. The Hall–Kier alpha value is -4.37. The highest BCUT2D eigenvalue weighted by Crippen LogP contribution is 2.49. The number of benzene rings is 1. The summed E-state index contributed by atoms with van der Waals surface area (Å²) in [7, 11) is 1.36. The molecule has 4 aliphatic rings. The molecule has 3 fully saturated rings. The molecule has 0 bridgehead atoms. The summed E-state index contributed by atoms with van der Waals surface area (Å²) in [6.07, 6.45) is 9.28. The SMILES string of the molecule is COc1c(F)ccc2c(O[C@@H]3C[C@H]4C(=O)N[C@]5(C(=O)NSC6(C)CC6)CC5/C=C\CCCCC[C@H](NC(=O)c5ccc(C)s5)C(=O)N4C3)cc(OC(C)C)nc12. The first-order valence-corrected chi connectivity index (χ1v) is 21.1. The number of thiophene rings is 1. The standard InChI is InChI=1S/C41H50FN5O7S2/c1-23(2)53-33-20-31(27-14-15-28(42)35(52-5)34(27)44-33)54-26-19-30-36(48)45-41(39(51)46-56-40(4)17-18-40)21-25(41)11-9-7-6-8-10-12-29(38(50)47(30)22-26)43-37(49)32-16-13-24(3)55-32/h9,11,13-16,20,23,25-26,29-30H,6-8,10,12,17-19,21-22H2,1-5H3,(H,43,49)(H,45,48)(H,46,51)/b11-9-/t25?,26-,29+,30+,41-/m1/s1. The van der Waals surface area contributed by atoms with E-state index in [1.165, 1.54) is 41.4 Å². The van der Waals surface area contributed by atoms with E-state index < -0.39 is 41.4 Å². The third kappa shape index (κ3) is 8.63. The van der Waals surface area contributed by atoms with E-state index in [2.05, 4.69) is 33.3 Å². The van der Waals surface area contributed by atoms with E-state index >= 15 is 0 Å². The topological polar surface area (TPSA) is 148 Å². The van der Waals surface area contributed by atoms with Gasteiger partial charge in [0.25, 0.3) is 11.8 Å². The highest BCUT2D eigenvalue weighted by molar-refractivity contribution is 7.99. The second-order valence-electron chi connectivity index (χ2n) is 15.8. The number of carbonyl (C=O) groups excluding carboxylic acids is 4. The molecule has 2 aliphatic heterocycles. The van der Waals surface area contributed by atoms with Crippen molar-refractivity contribution in [1.82, 2.24) is 25.2 Å². The number of amides is 4. The first-order chi connectivity index (χ1) is 26.8. The van der Waals surface area contributed by atoms with Crippen LogP contribution in [0, 0.1) is 18.7 Å². The van der Waals surface area contributed by atoms with Crippen LogP contribution in [0.1, 0.15) is 93.1 Å². The van der Waals surface area contributed by atoms with Gasteiger partial charge >= 0.3 is 0 Å². The van der Waals surface area contributed by atoms with E-state index in [1.54, 1.807) is 18.2 Å². The zero-order chi connectivity index (χ0) is 39.8. The monoisotopic (exact) mass is 807 g/mol. The van der Waals surface area contributed by atoms with Gasteiger partial charge in [0, 0.05) is 33.4 Å². The van der Waals surface area contributed by atoms with Gasteiger partial charge in [-0.2, -0.15) is 0 Å². The zero-order valence-corrected chi connectivity index (χ0v) is 34.1. The number of carbonyl (C=O) groups is 4. The Morgan fingerprint density at radius 3 is 2.66 bits per heavy atom. The lowest BCUT2D eigenvalue weighted by molar-refractivity contribution is -0.141. The number of ether oxygens (including phenoxy) is 3. The molecule has 300 valence electrons. The van der Waals surface area contributed by atoms with Gasteiger partial charge in [-0.05, 0) is 102 Å². The number of methoxy groups -OCH3 is 1. The Bertz CT molecular complexity index is 2040. The van der Waals surface area contributed by atoms with Crippen molar-refractivity contribution < 1.29 is 37.8 Å². The molecule has 3 N–H and O–H groups in total. The Kier molecular flexibility index (Phi) is 11.6. The Morgan fingerprint density at radius 2 is 1.95 bits per heavy atom. The van der Waals surface area contributed by atoms with E-state index in [0.29, 0.717) is 35.3 Å². The van der Waals surface area contributed by atoms with Crippen LogP contribution < -0.4 is 29.6 Å². The molecule has 1 aromatic carbocycles. The number of pyridine rings is 1. The second kappa shape index (κ2) is 16.2. The fraction of sp³-hybridized carbons (Fsp3) is 0.537. The van der Waals surface area contributed by atoms with Crippen molar-refractivity contribution in [3.63, 3.8) is 0 Å². The molecule has 2 aliphatic carbocycles. The van der Waals surface area contributed by atoms with Crippen molar-refractivity contribution >= 4 is 57.8 Å². The quantitative estimate of drug-likeness (QED) is 0.156. The van der Waals surface area contributed by atoms with Crippen LogP contribution in [0.15, 0.2) is 42.5 Å². The van der Waals surface area contributed by atoms with Crippen LogP contribution in [-0.4, -0.2) is 81.7 Å². The van der Waals surface area contributed by atoms with Crippen LogP contribution >= 0.6 is 23.3 Å². The number of aryl methyl sites for hydroxylation is 1. The molecule has 3 aromatic rings. The molecule has 0 radical (unpaired) electrons. The Balaban J connectivity index is 1.22. The van der Waals surface area contributed by atoms with Gasteiger partial charge in [-0.3, -0.25) is 23.9 Å². The van der Waals surface area contributed by atoms with Gasteiger partial charge in [0.05, 0.1) is 24.6 Å². The molecule has 12 nitrogen and oxygen atoms in total. The first kappa shape index (κ1) is 39.8. The van der Waals surface area contributed by atoms with Crippen LogP contribution in [0.3, 0.4) is 0 Å². The van der Waals surface area contributed by atoms with Crippen molar-refractivity contribution in [2.45, 2.75) is 120 Å². The summed E-state index contributed by atoms with van der Waals surface area (Å²) in [5, 5.41) is 6.54. The molecule has 5 atom stereocenters. The molecule has 0 spiro atoms. The van der Waals surface area contributed by atoms with Crippen LogP contribution in [0.2, 0.25) is 0 Å². The molecule has 2 saturated carbocycles. The highest BCUT2D eigenvalue weighted by Gasteiger charge is 2.61. The summed E-state index contributed by atoms with van der Waals surface area (Å²) in [5.41, 5.74) is -0.956. The maximum atomic E-state index is 14.9. The summed E-state index contributed by atoms with van der Waals surface area (Å²) < 4.78 is 35.8. The summed E-state index contributed by atoms with van der Waals surface area (Å²) >= 11 is 2.75. The number of fused-ring (bicyclic) bond motifs is 3. The number of aromatic nitrogens is 1. The smallest absolute Gasteiger partial charge is 0.262 e. The van der Waals surface area contributed by atoms with Crippen molar-refractivity contribution in [1.29, 1.82) is 0 Å². The fourth-order valence-corrected chi connectivity index (χ4v) is 9.05. The second-order valence-corrected chi connectivity index (χ2v) is 18.5. The van der Waals surface area contributed by atoms with E-state index in [0.717, 1.165) is 37.0 Å². The molecule has 1 unspecified atom stereocenters. The number of hydrogen-bond donors (Lipinski definition) is 3. The lowest BCUT2D eigenvalue weighted by Gasteiger charge is -2.30. The van der Waals surface area contributed by atoms with Gasteiger partial charge in [0.1, 0.15) is 35.0 Å². The first-order valence-electron chi connectivity index (χ1n) is 19.4. The van der Waals surface area contributed by atoms with Gasteiger partial charge in [-0.15, -0.1) is 11.3 Å². The van der Waals surface area contributed by atoms with Crippen LogP contribution in [0.5, 0.6) is 17.4 Å². The molecular weight excluding hydrogens is 758 g/mol. The van der Waals surface area contributed by atoms with Crippen molar-refractivity contribution in [2.75, 3.05) is 13.7 Å². The number of halogens is 1. The maximum absolute atomic E-state index is 14.9. The average Bonchev–Trinajstić information content (AvgIpc) is 3.93. The van der Waals surface area contributed by atoms with Gasteiger partial charge in [-0.1, -0.05) is 25.0 Å². The maximum Gasteiger partial charge on any atom is 0.262 e. The van der Waals surface area contributed by atoms with E-state index in [1.807, 2.05) is 32.9 Å². The van der Waals surface area contributed by atoms with Crippen LogP contribution in [0.25, 0.3) is 10.9 Å². The third-order valence-corrected chi connectivity index (χ3v) is 13.1. The number of nitrogens with zero attached hydrogens (tertiary/aromatic N) is 2. The third-order valence-electron chi connectivity index (χ3n) is 10.9. The molecule has 7 rings (SSSR count). The minimum absolute atomic E-state index is 0.0101. The lowest BCUT2D eigenvalue weighted by atomic mass is 10.0. The van der Waals surface area contributed by atoms with Crippen molar-refractivity contribution in [3.05, 3.63) is 58.1 Å². The average molecular weight is 808 g/mol. The molecule has 4 heterocycles. The predicted molar refractivity (Wildman–Crippen MR) is 213 cm³/mol. The summed E-state index contributed by atoms with van der Waals surface area (Å²) in [5.74, 6) is -1.84.